The second-order valence-electron chi connectivity index (χ2n) is 6.61. The summed E-state index contributed by atoms with van der Waals surface area (Å²) in [7, 11) is 0. The predicted molar refractivity (Wildman–Crippen MR) is 101 cm³/mol. The minimum atomic E-state index is -0.153. The van der Waals surface area contributed by atoms with Crippen molar-refractivity contribution in [1.82, 2.24) is 4.90 Å². The zero-order valence-electron chi connectivity index (χ0n) is 15.0. The highest BCUT2D eigenvalue weighted by molar-refractivity contribution is 6.21. The largest absolute Gasteiger partial charge is 0.377 e. The average molecular weight is 351 g/mol. The highest BCUT2D eigenvalue weighted by atomic mass is 16.5. The van der Waals surface area contributed by atoms with Crippen molar-refractivity contribution in [3.05, 3.63) is 71.3 Å². The quantitative estimate of drug-likeness (QED) is 0.469. The summed E-state index contributed by atoms with van der Waals surface area (Å²) in [6.07, 6.45) is 5.12. The molecule has 0 atom stereocenters. The van der Waals surface area contributed by atoms with Crippen molar-refractivity contribution in [3.8, 4) is 0 Å². The molecule has 2 amide bonds. The normalized spacial score (nSPS) is 13.3. The minimum Gasteiger partial charge on any atom is -0.377 e. The Morgan fingerprint density at radius 2 is 1.27 bits per heavy atom. The van der Waals surface area contributed by atoms with Gasteiger partial charge in [-0.1, -0.05) is 61.7 Å². The maximum atomic E-state index is 12.3. The second kappa shape index (κ2) is 9.30. The van der Waals surface area contributed by atoms with Gasteiger partial charge < -0.3 is 4.74 Å². The Labute approximate surface area is 154 Å². The highest BCUT2D eigenvalue weighted by Gasteiger charge is 2.34. The van der Waals surface area contributed by atoms with E-state index >= 15 is 0 Å². The van der Waals surface area contributed by atoms with Crippen molar-refractivity contribution >= 4 is 11.8 Å². The number of ether oxygens (including phenoxy) is 1. The first-order chi connectivity index (χ1) is 12.8. The van der Waals surface area contributed by atoms with Gasteiger partial charge in [-0.15, -0.1) is 0 Å². The van der Waals surface area contributed by atoms with Crippen LogP contribution < -0.4 is 0 Å². The monoisotopic (exact) mass is 351 g/mol. The van der Waals surface area contributed by atoms with Crippen LogP contribution in [-0.4, -0.2) is 29.9 Å². The zero-order chi connectivity index (χ0) is 18.2. The molecule has 1 heterocycles. The summed E-state index contributed by atoms with van der Waals surface area (Å²) in [6.45, 7) is 1.95. The molecule has 0 bridgehead atoms. The molecule has 0 saturated carbocycles. The molecular weight excluding hydrogens is 326 g/mol. The molecule has 0 saturated heterocycles. The van der Waals surface area contributed by atoms with Crippen molar-refractivity contribution in [2.24, 2.45) is 0 Å². The molecule has 1 aliphatic heterocycles. The van der Waals surface area contributed by atoms with E-state index in [1.165, 1.54) is 10.5 Å². The van der Waals surface area contributed by atoms with Gasteiger partial charge in [0.15, 0.2) is 0 Å². The topological polar surface area (TPSA) is 46.6 Å². The molecular formula is C22H25NO3. The first kappa shape index (κ1) is 18.3. The van der Waals surface area contributed by atoms with E-state index in [0.717, 1.165) is 38.7 Å². The standard InChI is InChI=1S/C22H25NO3/c24-21-19-13-7-8-14-20(19)22(25)23(21)15-9-2-1-3-10-16-26-17-18-11-5-4-6-12-18/h4-8,11-14H,1-3,9-10,15-17H2. The lowest BCUT2D eigenvalue weighted by atomic mass is 10.1. The van der Waals surface area contributed by atoms with E-state index in [1.54, 1.807) is 24.3 Å². The van der Waals surface area contributed by atoms with E-state index in [-0.39, 0.29) is 11.8 Å². The smallest absolute Gasteiger partial charge is 0.261 e. The van der Waals surface area contributed by atoms with E-state index in [2.05, 4.69) is 12.1 Å². The van der Waals surface area contributed by atoms with Gasteiger partial charge in [-0.25, -0.2) is 0 Å². The molecule has 0 N–H and O–H groups in total. The Kier molecular flexibility index (Phi) is 6.56. The van der Waals surface area contributed by atoms with Gasteiger partial charge in [0.1, 0.15) is 0 Å². The maximum Gasteiger partial charge on any atom is 0.261 e. The Bertz CT molecular complexity index is 707. The Morgan fingerprint density at radius 3 is 1.96 bits per heavy atom. The van der Waals surface area contributed by atoms with Gasteiger partial charge in [-0.05, 0) is 30.5 Å². The van der Waals surface area contributed by atoms with Gasteiger partial charge in [0.25, 0.3) is 11.8 Å². The molecule has 0 spiro atoms. The van der Waals surface area contributed by atoms with Gasteiger partial charge >= 0.3 is 0 Å². The number of benzene rings is 2. The van der Waals surface area contributed by atoms with E-state index < -0.39 is 0 Å². The van der Waals surface area contributed by atoms with Crippen LogP contribution in [0.25, 0.3) is 0 Å². The zero-order valence-corrected chi connectivity index (χ0v) is 15.0. The molecule has 0 aliphatic carbocycles. The number of amides is 2. The number of carbonyl (C=O) groups excluding carboxylic acids is 2. The lowest BCUT2D eigenvalue weighted by Crippen LogP contribution is -2.30. The number of imide groups is 1. The van der Waals surface area contributed by atoms with Gasteiger partial charge in [-0.2, -0.15) is 0 Å². The average Bonchev–Trinajstić information content (AvgIpc) is 2.92. The van der Waals surface area contributed by atoms with E-state index in [0.29, 0.717) is 24.3 Å². The van der Waals surface area contributed by atoms with E-state index in [9.17, 15) is 9.59 Å². The van der Waals surface area contributed by atoms with Crippen LogP contribution in [0.15, 0.2) is 54.6 Å². The number of unbranched alkanes of at least 4 members (excludes halogenated alkanes) is 4. The van der Waals surface area contributed by atoms with Crippen molar-refractivity contribution in [1.29, 1.82) is 0 Å². The fourth-order valence-electron chi connectivity index (χ4n) is 3.21. The van der Waals surface area contributed by atoms with Crippen LogP contribution in [0.4, 0.5) is 0 Å². The van der Waals surface area contributed by atoms with Crippen molar-refractivity contribution in [2.75, 3.05) is 13.2 Å². The molecule has 3 rings (SSSR count). The van der Waals surface area contributed by atoms with Crippen molar-refractivity contribution < 1.29 is 14.3 Å². The molecule has 0 unspecified atom stereocenters. The molecule has 2 aromatic rings. The summed E-state index contributed by atoms with van der Waals surface area (Å²) in [5.74, 6) is -0.306. The van der Waals surface area contributed by atoms with Crippen molar-refractivity contribution in [2.45, 2.75) is 38.7 Å². The summed E-state index contributed by atoms with van der Waals surface area (Å²) < 4.78 is 5.67. The van der Waals surface area contributed by atoms with Gasteiger partial charge in [0.2, 0.25) is 0 Å². The fraction of sp³-hybridized carbons (Fsp3) is 0.364. The third kappa shape index (κ3) is 4.58. The Balaban J connectivity index is 1.25. The van der Waals surface area contributed by atoms with Crippen LogP contribution in [0.1, 0.15) is 58.4 Å². The Hall–Kier alpha value is -2.46. The maximum absolute atomic E-state index is 12.3. The van der Waals surface area contributed by atoms with Gasteiger partial charge in [-0.3, -0.25) is 14.5 Å². The van der Waals surface area contributed by atoms with Crippen LogP contribution >= 0.6 is 0 Å². The summed E-state index contributed by atoms with van der Waals surface area (Å²) in [5, 5.41) is 0. The molecule has 2 aromatic carbocycles. The molecule has 26 heavy (non-hydrogen) atoms. The molecule has 4 nitrogen and oxygen atoms in total. The first-order valence-electron chi connectivity index (χ1n) is 9.34. The lowest BCUT2D eigenvalue weighted by Gasteiger charge is -2.13. The number of rotatable bonds is 10. The summed E-state index contributed by atoms with van der Waals surface area (Å²) in [4.78, 5) is 25.9. The fourth-order valence-corrected chi connectivity index (χ4v) is 3.21. The van der Waals surface area contributed by atoms with Crippen LogP contribution in [0.2, 0.25) is 0 Å². The number of nitrogens with zero attached hydrogens (tertiary/aromatic N) is 1. The molecule has 0 aromatic heterocycles. The van der Waals surface area contributed by atoms with Crippen LogP contribution in [-0.2, 0) is 11.3 Å². The minimum absolute atomic E-state index is 0.153. The van der Waals surface area contributed by atoms with E-state index in [4.69, 9.17) is 4.74 Å². The summed E-state index contributed by atoms with van der Waals surface area (Å²) in [6, 6.07) is 17.2. The van der Waals surface area contributed by atoms with Crippen molar-refractivity contribution in [3.63, 3.8) is 0 Å². The highest BCUT2D eigenvalue weighted by Crippen LogP contribution is 2.22. The molecule has 136 valence electrons. The predicted octanol–water partition coefficient (Wildman–Crippen LogP) is 4.45. The third-order valence-electron chi connectivity index (χ3n) is 4.66. The van der Waals surface area contributed by atoms with Gasteiger partial charge in [0, 0.05) is 13.2 Å². The number of hydrogen-bond acceptors (Lipinski definition) is 3. The third-order valence-corrected chi connectivity index (χ3v) is 4.66. The summed E-state index contributed by atoms with van der Waals surface area (Å²) in [5.41, 5.74) is 2.27. The molecule has 0 radical (unpaired) electrons. The lowest BCUT2D eigenvalue weighted by molar-refractivity contribution is 0.0651. The SMILES string of the molecule is O=C1c2ccccc2C(=O)N1CCCCCCCOCc1ccccc1. The number of fused-ring (bicyclic) bond motifs is 1. The Morgan fingerprint density at radius 1 is 0.692 bits per heavy atom. The summed E-state index contributed by atoms with van der Waals surface area (Å²) >= 11 is 0. The van der Waals surface area contributed by atoms with Gasteiger partial charge in [0.05, 0.1) is 17.7 Å². The molecule has 4 heteroatoms. The first-order valence-corrected chi connectivity index (χ1v) is 9.34. The molecule has 1 aliphatic rings. The number of hydrogen-bond donors (Lipinski definition) is 0. The van der Waals surface area contributed by atoms with Crippen LogP contribution in [0.3, 0.4) is 0 Å². The van der Waals surface area contributed by atoms with Crippen LogP contribution in [0, 0.1) is 0 Å². The van der Waals surface area contributed by atoms with Crippen LogP contribution in [0.5, 0.6) is 0 Å². The van der Waals surface area contributed by atoms with E-state index in [1.807, 2.05) is 18.2 Å². The molecule has 0 fully saturated rings. The number of carbonyl (C=O) groups is 2. The second-order valence-corrected chi connectivity index (χ2v) is 6.61.